The Morgan fingerprint density at radius 3 is 1.67 bits per heavy atom. The van der Waals surface area contributed by atoms with Crippen molar-refractivity contribution in [1.82, 2.24) is 15.0 Å². The highest BCUT2D eigenvalue weighted by atomic mass is 16.3. The number of furan rings is 1. The molecule has 3 heterocycles. The van der Waals surface area contributed by atoms with Gasteiger partial charge in [0.25, 0.3) is 0 Å². The van der Waals surface area contributed by atoms with Crippen LogP contribution in [0, 0.1) is 0 Å². The number of pyridine rings is 1. The fourth-order valence-corrected chi connectivity index (χ4v) is 7.26. The molecule has 10 aromatic rings. The normalized spacial score (nSPS) is 11.5. The topological polar surface area (TPSA) is 51.8 Å². The summed E-state index contributed by atoms with van der Waals surface area (Å²) >= 11 is 0. The highest BCUT2D eigenvalue weighted by Gasteiger charge is 2.21. The van der Waals surface area contributed by atoms with Crippen molar-refractivity contribution in [3.8, 4) is 56.3 Å². The maximum atomic E-state index is 6.80. The first-order valence-electron chi connectivity index (χ1n) is 17.1. The van der Waals surface area contributed by atoms with Gasteiger partial charge in [0.2, 0.25) is 0 Å². The van der Waals surface area contributed by atoms with Gasteiger partial charge in [-0.1, -0.05) is 146 Å². The molecule has 0 aliphatic carbocycles. The van der Waals surface area contributed by atoms with Gasteiger partial charge in [-0.2, -0.15) is 0 Å². The number of fused-ring (bicyclic) bond motifs is 7. The SMILES string of the molecule is c1ccc(-c2ccc(-c3cc(-c4ccccc4)nc(-c4cccc5c4oc4ccc6c(-c7ccccc7)nc7ccccc7c6c45)n3)cc2)cc1. The summed E-state index contributed by atoms with van der Waals surface area (Å²) in [5.41, 5.74) is 11.5. The van der Waals surface area contributed by atoms with Crippen LogP contribution in [0.3, 0.4) is 0 Å². The summed E-state index contributed by atoms with van der Waals surface area (Å²) in [6, 6.07) is 60.7. The molecule has 10 rings (SSSR count). The molecular formula is C47H29N3O. The quantitative estimate of drug-likeness (QED) is 0.174. The van der Waals surface area contributed by atoms with Crippen LogP contribution in [0.5, 0.6) is 0 Å². The molecule has 0 atom stereocenters. The van der Waals surface area contributed by atoms with E-state index < -0.39 is 0 Å². The van der Waals surface area contributed by atoms with E-state index in [1.807, 2.05) is 36.4 Å². The van der Waals surface area contributed by atoms with Gasteiger partial charge in [-0.15, -0.1) is 0 Å². The van der Waals surface area contributed by atoms with Crippen LogP contribution in [0.2, 0.25) is 0 Å². The fraction of sp³-hybridized carbons (Fsp3) is 0. The van der Waals surface area contributed by atoms with Crippen LogP contribution >= 0.6 is 0 Å². The molecule has 4 heteroatoms. The van der Waals surface area contributed by atoms with Crippen LogP contribution in [-0.4, -0.2) is 15.0 Å². The van der Waals surface area contributed by atoms with E-state index in [9.17, 15) is 0 Å². The van der Waals surface area contributed by atoms with Gasteiger partial charge in [0.05, 0.1) is 28.2 Å². The summed E-state index contributed by atoms with van der Waals surface area (Å²) < 4.78 is 6.80. The Morgan fingerprint density at radius 1 is 0.373 bits per heavy atom. The van der Waals surface area contributed by atoms with Gasteiger partial charge < -0.3 is 4.42 Å². The lowest BCUT2D eigenvalue weighted by atomic mass is 9.96. The molecule has 0 N–H and O–H groups in total. The van der Waals surface area contributed by atoms with E-state index in [1.54, 1.807) is 0 Å². The van der Waals surface area contributed by atoms with E-state index in [2.05, 4.69) is 140 Å². The van der Waals surface area contributed by atoms with E-state index in [1.165, 1.54) is 5.56 Å². The van der Waals surface area contributed by atoms with Crippen molar-refractivity contribution in [3.63, 3.8) is 0 Å². The molecule has 4 nitrogen and oxygen atoms in total. The zero-order valence-electron chi connectivity index (χ0n) is 27.5. The molecule has 238 valence electrons. The lowest BCUT2D eigenvalue weighted by molar-refractivity contribution is 0.670. The molecule has 0 saturated carbocycles. The molecule has 0 amide bonds. The van der Waals surface area contributed by atoms with Crippen LogP contribution in [0.15, 0.2) is 180 Å². The van der Waals surface area contributed by atoms with E-state index >= 15 is 0 Å². The van der Waals surface area contributed by atoms with Crippen molar-refractivity contribution in [2.24, 2.45) is 0 Å². The number of nitrogens with zero attached hydrogens (tertiary/aromatic N) is 3. The predicted molar refractivity (Wildman–Crippen MR) is 209 cm³/mol. The predicted octanol–water partition coefficient (Wildman–Crippen LogP) is 12.4. The standard InChI is InChI=1S/C47H29N3O/c1-4-13-30(14-5-1)31-23-25-33(26-24-31)41-29-40(32-15-6-2-7-16-32)49-47(50-41)38-21-12-20-37-44-42(51-46(37)38)28-27-36-43(44)35-19-10-11-22-39(35)48-45(36)34-17-8-3-9-18-34/h1-29H. The summed E-state index contributed by atoms with van der Waals surface area (Å²) in [5, 5.41) is 5.39. The molecule has 0 radical (unpaired) electrons. The Balaban J connectivity index is 1.21. The van der Waals surface area contributed by atoms with Gasteiger partial charge in [-0.25, -0.2) is 15.0 Å². The second-order valence-corrected chi connectivity index (χ2v) is 12.8. The summed E-state index contributed by atoms with van der Waals surface area (Å²) in [5.74, 6) is 0.615. The molecule has 0 bridgehead atoms. The van der Waals surface area contributed by atoms with Crippen LogP contribution in [0.4, 0.5) is 0 Å². The molecule has 3 aromatic heterocycles. The Hall–Kier alpha value is -6.91. The minimum Gasteiger partial charge on any atom is -0.455 e. The molecule has 0 aliphatic rings. The minimum atomic E-state index is 0.615. The lowest BCUT2D eigenvalue weighted by Gasteiger charge is -2.11. The minimum absolute atomic E-state index is 0.615. The molecule has 7 aromatic carbocycles. The summed E-state index contributed by atoms with van der Waals surface area (Å²) in [6.45, 7) is 0. The first-order chi connectivity index (χ1) is 25.3. The third-order valence-electron chi connectivity index (χ3n) is 9.70. The Morgan fingerprint density at radius 2 is 0.941 bits per heavy atom. The van der Waals surface area contributed by atoms with E-state index in [-0.39, 0.29) is 0 Å². The zero-order chi connectivity index (χ0) is 33.7. The van der Waals surface area contributed by atoms with Gasteiger partial charge in [0, 0.05) is 43.6 Å². The first-order valence-corrected chi connectivity index (χ1v) is 17.1. The van der Waals surface area contributed by atoms with Crippen LogP contribution < -0.4 is 0 Å². The van der Waals surface area contributed by atoms with Gasteiger partial charge in [0.15, 0.2) is 5.82 Å². The molecule has 0 unspecified atom stereocenters. The number of benzene rings is 7. The average Bonchev–Trinajstić information content (AvgIpc) is 3.61. The Bertz CT molecular complexity index is 2880. The third-order valence-corrected chi connectivity index (χ3v) is 9.70. The highest BCUT2D eigenvalue weighted by Crippen LogP contribution is 2.43. The van der Waals surface area contributed by atoms with Gasteiger partial charge >= 0.3 is 0 Å². The monoisotopic (exact) mass is 651 g/mol. The van der Waals surface area contributed by atoms with Gasteiger partial charge in [-0.05, 0) is 41.5 Å². The second-order valence-electron chi connectivity index (χ2n) is 12.8. The van der Waals surface area contributed by atoms with E-state index in [0.29, 0.717) is 5.82 Å². The molecular weight excluding hydrogens is 623 g/mol. The highest BCUT2D eigenvalue weighted by molar-refractivity contribution is 6.28. The average molecular weight is 652 g/mol. The van der Waals surface area contributed by atoms with Crippen molar-refractivity contribution < 1.29 is 4.42 Å². The van der Waals surface area contributed by atoms with Gasteiger partial charge in [0.1, 0.15) is 11.2 Å². The van der Waals surface area contributed by atoms with Crippen molar-refractivity contribution in [3.05, 3.63) is 176 Å². The van der Waals surface area contributed by atoms with Crippen LogP contribution in [0.1, 0.15) is 0 Å². The molecule has 0 aliphatic heterocycles. The third kappa shape index (κ3) is 4.96. The maximum absolute atomic E-state index is 6.80. The summed E-state index contributed by atoms with van der Waals surface area (Å²) in [7, 11) is 0. The lowest BCUT2D eigenvalue weighted by Crippen LogP contribution is -1.96. The second kappa shape index (κ2) is 11.9. The Kier molecular flexibility index (Phi) is 6.78. The maximum Gasteiger partial charge on any atom is 0.164 e. The molecule has 0 spiro atoms. The number of para-hydroxylation sites is 2. The number of rotatable bonds is 5. The molecule has 51 heavy (non-hydrogen) atoms. The summed E-state index contributed by atoms with van der Waals surface area (Å²) in [4.78, 5) is 15.5. The van der Waals surface area contributed by atoms with Crippen molar-refractivity contribution >= 4 is 43.6 Å². The van der Waals surface area contributed by atoms with Crippen molar-refractivity contribution in [2.75, 3.05) is 0 Å². The Labute approximate surface area is 294 Å². The number of hydrogen-bond donors (Lipinski definition) is 0. The van der Waals surface area contributed by atoms with Crippen LogP contribution in [-0.2, 0) is 0 Å². The smallest absolute Gasteiger partial charge is 0.164 e. The van der Waals surface area contributed by atoms with Crippen molar-refractivity contribution in [2.45, 2.75) is 0 Å². The van der Waals surface area contributed by atoms with Gasteiger partial charge in [-0.3, -0.25) is 0 Å². The van der Waals surface area contributed by atoms with E-state index in [0.717, 1.165) is 88.5 Å². The fourth-order valence-electron chi connectivity index (χ4n) is 7.26. The zero-order valence-corrected chi connectivity index (χ0v) is 27.5. The van der Waals surface area contributed by atoms with Crippen molar-refractivity contribution in [1.29, 1.82) is 0 Å². The van der Waals surface area contributed by atoms with Crippen LogP contribution in [0.25, 0.3) is 99.9 Å². The van der Waals surface area contributed by atoms with E-state index in [4.69, 9.17) is 19.4 Å². The summed E-state index contributed by atoms with van der Waals surface area (Å²) in [6.07, 6.45) is 0. The number of hydrogen-bond acceptors (Lipinski definition) is 4. The largest absolute Gasteiger partial charge is 0.455 e. The molecule has 0 saturated heterocycles. The number of aromatic nitrogens is 3. The first kappa shape index (κ1) is 29.0. The molecule has 0 fully saturated rings.